The Hall–Kier alpha value is -0.650. The van der Waals surface area contributed by atoms with Crippen LogP contribution < -0.4 is 10.5 Å². The van der Waals surface area contributed by atoms with E-state index in [1.165, 1.54) is 0 Å². The molecule has 0 unspecified atom stereocenters. The molecule has 0 aromatic carbocycles. The summed E-state index contributed by atoms with van der Waals surface area (Å²) in [4.78, 5) is 4.17. The summed E-state index contributed by atoms with van der Waals surface area (Å²) in [7, 11) is 0. The van der Waals surface area contributed by atoms with E-state index in [0.717, 1.165) is 10.0 Å². The highest BCUT2D eigenvalue weighted by Gasteiger charge is 2.21. The third kappa shape index (κ3) is 2.05. The quantitative estimate of drug-likeness (QED) is 0.882. The fourth-order valence-electron chi connectivity index (χ4n) is 1.16. The Morgan fingerprint density at radius 3 is 3.00 bits per heavy atom. The molecule has 0 aliphatic carbocycles. The van der Waals surface area contributed by atoms with Gasteiger partial charge in [0.15, 0.2) is 0 Å². The van der Waals surface area contributed by atoms with E-state index in [-0.39, 0.29) is 6.10 Å². The fourth-order valence-corrected chi connectivity index (χ4v) is 1.54. The van der Waals surface area contributed by atoms with Gasteiger partial charge in [-0.25, -0.2) is 4.98 Å². The highest BCUT2D eigenvalue weighted by molar-refractivity contribution is 9.10. The van der Waals surface area contributed by atoms with Crippen LogP contribution in [0.25, 0.3) is 0 Å². The normalized spacial score (nSPS) is 16.4. The zero-order valence-corrected chi connectivity index (χ0v) is 9.16. The summed E-state index contributed by atoms with van der Waals surface area (Å²) < 4.78 is 11.5. The first-order valence-corrected chi connectivity index (χ1v) is 5.18. The highest BCUT2D eigenvalue weighted by Crippen LogP contribution is 2.21. The number of ether oxygens (including phenoxy) is 2. The molecule has 2 heterocycles. The summed E-state index contributed by atoms with van der Waals surface area (Å²) >= 11 is 3.34. The minimum absolute atomic E-state index is 0.133. The second-order valence-electron chi connectivity index (χ2n) is 3.10. The minimum atomic E-state index is 0.133. The van der Waals surface area contributed by atoms with Gasteiger partial charge in [0.2, 0.25) is 5.88 Å². The van der Waals surface area contributed by atoms with Gasteiger partial charge in [0.1, 0.15) is 6.10 Å². The second-order valence-corrected chi connectivity index (χ2v) is 4.01. The van der Waals surface area contributed by atoms with Crippen LogP contribution in [0.5, 0.6) is 5.88 Å². The lowest BCUT2D eigenvalue weighted by Crippen LogP contribution is -2.39. The van der Waals surface area contributed by atoms with Gasteiger partial charge in [-0.3, -0.25) is 0 Å². The Kier molecular flexibility index (Phi) is 3.00. The number of halogens is 1. The molecule has 76 valence electrons. The molecule has 4 nitrogen and oxygen atoms in total. The molecule has 1 aromatic heterocycles. The average molecular weight is 259 g/mol. The van der Waals surface area contributed by atoms with Gasteiger partial charge in [0.25, 0.3) is 0 Å². The standard InChI is InChI=1S/C9H11BrN2O2/c10-7-1-6(2-11)9(12-3-7)14-8-4-13-5-8/h1,3,8H,2,4-5,11H2. The van der Waals surface area contributed by atoms with Gasteiger partial charge in [-0.2, -0.15) is 0 Å². The van der Waals surface area contributed by atoms with Crippen molar-refractivity contribution in [2.45, 2.75) is 12.6 Å². The smallest absolute Gasteiger partial charge is 0.218 e. The molecule has 0 radical (unpaired) electrons. The van der Waals surface area contributed by atoms with Crippen LogP contribution >= 0.6 is 15.9 Å². The van der Waals surface area contributed by atoms with Gasteiger partial charge in [-0.15, -0.1) is 0 Å². The molecule has 1 aliphatic rings. The summed E-state index contributed by atoms with van der Waals surface area (Å²) in [5.41, 5.74) is 6.49. The van der Waals surface area contributed by atoms with Crippen molar-refractivity contribution in [1.29, 1.82) is 0 Å². The van der Waals surface area contributed by atoms with E-state index >= 15 is 0 Å². The van der Waals surface area contributed by atoms with E-state index in [1.54, 1.807) is 6.20 Å². The number of pyridine rings is 1. The predicted molar refractivity (Wildman–Crippen MR) is 55.1 cm³/mol. The summed E-state index contributed by atoms with van der Waals surface area (Å²) in [5.74, 6) is 0.615. The van der Waals surface area contributed by atoms with Gasteiger partial charge in [0.05, 0.1) is 13.2 Å². The molecule has 2 rings (SSSR count). The Morgan fingerprint density at radius 1 is 1.64 bits per heavy atom. The highest BCUT2D eigenvalue weighted by atomic mass is 79.9. The van der Waals surface area contributed by atoms with E-state index in [0.29, 0.717) is 25.6 Å². The Bertz CT molecular complexity index is 329. The van der Waals surface area contributed by atoms with Gasteiger partial charge < -0.3 is 15.2 Å². The first-order valence-electron chi connectivity index (χ1n) is 4.38. The Morgan fingerprint density at radius 2 is 2.43 bits per heavy atom. The predicted octanol–water partition coefficient (Wildman–Crippen LogP) is 1.08. The van der Waals surface area contributed by atoms with Crippen molar-refractivity contribution < 1.29 is 9.47 Å². The molecule has 1 saturated heterocycles. The SMILES string of the molecule is NCc1cc(Br)cnc1OC1COC1. The summed E-state index contributed by atoms with van der Waals surface area (Å²) in [6.45, 7) is 1.71. The zero-order valence-electron chi connectivity index (χ0n) is 7.57. The Balaban J connectivity index is 2.14. The first-order chi connectivity index (χ1) is 6.79. The number of rotatable bonds is 3. The summed E-state index contributed by atoms with van der Waals surface area (Å²) in [6.07, 6.45) is 1.84. The van der Waals surface area contributed by atoms with Crippen molar-refractivity contribution in [2.24, 2.45) is 5.73 Å². The fraction of sp³-hybridized carbons (Fsp3) is 0.444. The van der Waals surface area contributed by atoms with E-state index < -0.39 is 0 Å². The van der Waals surface area contributed by atoms with Crippen molar-refractivity contribution in [3.05, 3.63) is 22.3 Å². The average Bonchev–Trinajstić information content (AvgIpc) is 2.13. The molecule has 1 fully saturated rings. The largest absolute Gasteiger partial charge is 0.469 e. The molecule has 0 amide bonds. The minimum Gasteiger partial charge on any atom is -0.469 e. The maximum atomic E-state index is 5.59. The second kappa shape index (κ2) is 4.25. The van der Waals surface area contributed by atoms with Crippen LogP contribution in [0, 0.1) is 0 Å². The molecular weight excluding hydrogens is 248 g/mol. The van der Waals surface area contributed by atoms with Crippen molar-refractivity contribution >= 4 is 15.9 Å². The van der Waals surface area contributed by atoms with Crippen LogP contribution in [0.3, 0.4) is 0 Å². The van der Waals surface area contributed by atoms with Gasteiger partial charge in [-0.05, 0) is 22.0 Å². The van der Waals surface area contributed by atoms with Crippen LogP contribution in [0.15, 0.2) is 16.7 Å². The number of nitrogens with zero attached hydrogens (tertiary/aromatic N) is 1. The van der Waals surface area contributed by atoms with Crippen LogP contribution in [0.4, 0.5) is 0 Å². The maximum Gasteiger partial charge on any atom is 0.218 e. The van der Waals surface area contributed by atoms with Crippen LogP contribution in [0.1, 0.15) is 5.56 Å². The lowest BCUT2D eigenvalue weighted by atomic mass is 10.2. The van der Waals surface area contributed by atoms with E-state index in [4.69, 9.17) is 15.2 Å². The molecule has 0 bridgehead atoms. The van der Waals surface area contributed by atoms with Gasteiger partial charge in [-0.1, -0.05) is 0 Å². The molecule has 14 heavy (non-hydrogen) atoms. The van der Waals surface area contributed by atoms with Crippen molar-refractivity contribution in [3.63, 3.8) is 0 Å². The zero-order chi connectivity index (χ0) is 9.97. The summed E-state index contributed by atoms with van der Waals surface area (Å²) in [5, 5.41) is 0. The number of nitrogens with two attached hydrogens (primary N) is 1. The van der Waals surface area contributed by atoms with E-state index in [1.807, 2.05) is 6.07 Å². The van der Waals surface area contributed by atoms with Crippen molar-refractivity contribution in [2.75, 3.05) is 13.2 Å². The Labute approximate surface area is 90.5 Å². The summed E-state index contributed by atoms with van der Waals surface area (Å²) in [6, 6.07) is 1.92. The van der Waals surface area contributed by atoms with Crippen molar-refractivity contribution in [3.8, 4) is 5.88 Å². The molecular formula is C9H11BrN2O2. The lowest BCUT2D eigenvalue weighted by molar-refractivity contribution is -0.0816. The lowest BCUT2D eigenvalue weighted by Gasteiger charge is -2.26. The number of hydrogen-bond acceptors (Lipinski definition) is 4. The molecule has 5 heteroatoms. The van der Waals surface area contributed by atoms with Crippen molar-refractivity contribution in [1.82, 2.24) is 4.98 Å². The molecule has 0 atom stereocenters. The first kappa shape index (κ1) is 9.89. The van der Waals surface area contributed by atoms with Crippen LogP contribution in [0.2, 0.25) is 0 Å². The van der Waals surface area contributed by atoms with Gasteiger partial charge >= 0.3 is 0 Å². The molecule has 0 saturated carbocycles. The van der Waals surface area contributed by atoms with E-state index in [2.05, 4.69) is 20.9 Å². The molecule has 2 N–H and O–H groups in total. The molecule has 0 spiro atoms. The van der Waals surface area contributed by atoms with Crippen LogP contribution in [-0.4, -0.2) is 24.3 Å². The molecule has 1 aromatic rings. The number of hydrogen-bond donors (Lipinski definition) is 1. The number of aromatic nitrogens is 1. The molecule has 1 aliphatic heterocycles. The topological polar surface area (TPSA) is 57.4 Å². The van der Waals surface area contributed by atoms with Crippen LogP contribution in [-0.2, 0) is 11.3 Å². The monoisotopic (exact) mass is 258 g/mol. The maximum absolute atomic E-state index is 5.59. The van der Waals surface area contributed by atoms with Gasteiger partial charge in [0, 0.05) is 22.8 Å². The van der Waals surface area contributed by atoms with E-state index in [9.17, 15) is 0 Å². The third-order valence-electron chi connectivity index (χ3n) is 2.00. The third-order valence-corrected chi connectivity index (χ3v) is 2.43.